The van der Waals surface area contributed by atoms with Gasteiger partial charge in [0.2, 0.25) is 0 Å². The first-order valence-corrected chi connectivity index (χ1v) is 5.54. The molecule has 0 saturated heterocycles. The van der Waals surface area contributed by atoms with Crippen LogP contribution in [0.4, 0.5) is 0 Å². The van der Waals surface area contributed by atoms with Crippen LogP contribution in [0.3, 0.4) is 0 Å². The Kier molecular flexibility index (Phi) is 5.45. The summed E-state index contributed by atoms with van der Waals surface area (Å²) in [6.45, 7) is 0.674. The van der Waals surface area contributed by atoms with Gasteiger partial charge in [0.05, 0.1) is 25.2 Å². The summed E-state index contributed by atoms with van der Waals surface area (Å²) in [5.41, 5.74) is 6.63. The van der Waals surface area contributed by atoms with Gasteiger partial charge >= 0.3 is 0 Å². The minimum absolute atomic E-state index is 0.159. The van der Waals surface area contributed by atoms with Crippen LogP contribution in [-0.4, -0.2) is 24.5 Å². The quantitative estimate of drug-likeness (QED) is 0.805. The molecular formula is C12H13ClN4. The average molecular weight is 249 g/mol. The predicted molar refractivity (Wildman–Crippen MR) is 66.0 cm³/mol. The molecule has 0 amide bonds. The summed E-state index contributed by atoms with van der Waals surface area (Å²) in [6, 6.07) is 11.2. The van der Waals surface area contributed by atoms with Gasteiger partial charge in [-0.15, -0.1) is 0 Å². The van der Waals surface area contributed by atoms with Gasteiger partial charge in [0.15, 0.2) is 0 Å². The smallest absolute Gasteiger partial charge is 0.0879 e. The predicted octanol–water partition coefficient (Wildman–Crippen LogP) is 1.69. The van der Waals surface area contributed by atoms with Gasteiger partial charge in [-0.05, 0) is 17.7 Å². The highest BCUT2D eigenvalue weighted by Gasteiger charge is 2.18. The van der Waals surface area contributed by atoms with Crippen molar-refractivity contribution in [1.82, 2.24) is 4.90 Å². The lowest BCUT2D eigenvalue weighted by Crippen LogP contribution is -2.34. The second-order valence-corrected chi connectivity index (χ2v) is 3.96. The molecule has 1 atom stereocenters. The van der Waals surface area contributed by atoms with E-state index in [1.807, 2.05) is 24.3 Å². The van der Waals surface area contributed by atoms with E-state index in [-0.39, 0.29) is 19.1 Å². The zero-order valence-corrected chi connectivity index (χ0v) is 10.1. The molecule has 1 aromatic rings. The third-order valence-corrected chi connectivity index (χ3v) is 2.68. The van der Waals surface area contributed by atoms with Gasteiger partial charge in [-0.1, -0.05) is 23.7 Å². The summed E-state index contributed by atoms with van der Waals surface area (Å²) in [5, 5.41) is 18.1. The maximum absolute atomic E-state index is 8.74. The molecule has 0 aliphatic rings. The van der Waals surface area contributed by atoms with E-state index in [2.05, 4.69) is 0 Å². The number of nitrogens with zero attached hydrogens (tertiary/aromatic N) is 3. The maximum Gasteiger partial charge on any atom is 0.0879 e. The fraction of sp³-hybridized carbons (Fsp3) is 0.333. The third kappa shape index (κ3) is 3.72. The standard InChI is InChI=1S/C12H13ClN4/c13-11-3-1-2-10(8-11)12(9-16)17(6-4-14)7-5-15/h1-3,8,12H,6-7,9,16H2. The number of hydrogen-bond donors (Lipinski definition) is 1. The van der Waals surface area contributed by atoms with Crippen LogP contribution in [0.5, 0.6) is 0 Å². The topological polar surface area (TPSA) is 76.8 Å². The molecule has 5 heteroatoms. The Morgan fingerprint density at radius 3 is 2.41 bits per heavy atom. The summed E-state index contributed by atoms with van der Waals surface area (Å²) in [7, 11) is 0. The van der Waals surface area contributed by atoms with E-state index in [9.17, 15) is 0 Å². The number of hydrogen-bond acceptors (Lipinski definition) is 4. The van der Waals surface area contributed by atoms with Crippen molar-refractivity contribution in [2.45, 2.75) is 6.04 Å². The summed E-state index contributed by atoms with van der Waals surface area (Å²) < 4.78 is 0. The van der Waals surface area contributed by atoms with Crippen LogP contribution in [0.1, 0.15) is 11.6 Å². The van der Waals surface area contributed by atoms with E-state index in [0.717, 1.165) is 5.56 Å². The van der Waals surface area contributed by atoms with Crippen LogP contribution < -0.4 is 5.73 Å². The Morgan fingerprint density at radius 1 is 1.29 bits per heavy atom. The molecule has 1 rings (SSSR count). The first-order valence-electron chi connectivity index (χ1n) is 5.16. The Balaban J connectivity index is 2.96. The SMILES string of the molecule is N#CCN(CC#N)C(CN)c1cccc(Cl)c1. The molecule has 0 heterocycles. The van der Waals surface area contributed by atoms with Crippen molar-refractivity contribution in [2.75, 3.05) is 19.6 Å². The highest BCUT2D eigenvalue weighted by molar-refractivity contribution is 6.30. The first kappa shape index (κ1) is 13.5. The number of nitrogens with two attached hydrogens (primary N) is 1. The molecule has 4 nitrogen and oxygen atoms in total. The molecule has 0 aromatic heterocycles. The van der Waals surface area contributed by atoms with Crippen molar-refractivity contribution >= 4 is 11.6 Å². The average Bonchev–Trinajstić information content (AvgIpc) is 2.31. The largest absolute Gasteiger partial charge is 0.329 e. The molecule has 0 aliphatic heterocycles. The van der Waals surface area contributed by atoms with E-state index < -0.39 is 0 Å². The van der Waals surface area contributed by atoms with Gasteiger partial charge in [0.25, 0.3) is 0 Å². The Morgan fingerprint density at radius 2 is 1.94 bits per heavy atom. The van der Waals surface area contributed by atoms with Crippen molar-refractivity contribution in [1.29, 1.82) is 10.5 Å². The molecule has 17 heavy (non-hydrogen) atoms. The molecule has 0 spiro atoms. The number of benzene rings is 1. The van der Waals surface area contributed by atoms with Crippen LogP contribution in [0.15, 0.2) is 24.3 Å². The zero-order valence-electron chi connectivity index (χ0n) is 9.31. The van der Waals surface area contributed by atoms with Gasteiger partial charge in [0, 0.05) is 17.6 Å². The second-order valence-electron chi connectivity index (χ2n) is 3.53. The fourth-order valence-electron chi connectivity index (χ4n) is 1.67. The summed E-state index contributed by atoms with van der Waals surface area (Å²) in [4.78, 5) is 1.73. The Hall–Kier alpha value is -1.59. The van der Waals surface area contributed by atoms with Crippen LogP contribution in [0.2, 0.25) is 5.02 Å². The molecule has 0 aliphatic carbocycles. The Bertz CT molecular complexity index is 431. The fourth-order valence-corrected chi connectivity index (χ4v) is 1.87. The molecule has 2 N–H and O–H groups in total. The molecular weight excluding hydrogens is 236 g/mol. The van der Waals surface area contributed by atoms with Crippen LogP contribution in [0, 0.1) is 22.7 Å². The van der Waals surface area contributed by atoms with Gasteiger partial charge in [0.1, 0.15) is 0 Å². The van der Waals surface area contributed by atoms with E-state index in [1.165, 1.54) is 0 Å². The van der Waals surface area contributed by atoms with Crippen molar-refractivity contribution in [3.8, 4) is 12.1 Å². The minimum atomic E-state index is -0.159. The highest BCUT2D eigenvalue weighted by atomic mass is 35.5. The van der Waals surface area contributed by atoms with Gasteiger partial charge < -0.3 is 5.73 Å². The number of nitriles is 2. The second kappa shape index (κ2) is 6.88. The summed E-state index contributed by atoms with van der Waals surface area (Å²) in [5.74, 6) is 0. The number of halogens is 1. The third-order valence-electron chi connectivity index (χ3n) is 2.45. The van der Waals surface area contributed by atoms with Gasteiger partial charge in [-0.25, -0.2) is 0 Å². The van der Waals surface area contributed by atoms with Crippen molar-refractivity contribution in [3.05, 3.63) is 34.9 Å². The maximum atomic E-state index is 8.74. The monoisotopic (exact) mass is 248 g/mol. The van der Waals surface area contributed by atoms with Crippen molar-refractivity contribution in [3.63, 3.8) is 0 Å². The highest BCUT2D eigenvalue weighted by Crippen LogP contribution is 2.22. The Labute approximate surface area is 106 Å². The molecule has 0 fully saturated rings. The molecule has 0 saturated carbocycles. The molecule has 0 bridgehead atoms. The molecule has 1 unspecified atom stereocenters. The first-order chi connectivity index (χ1) is 8.22. The van der Waals surface area contributed by atoms with Crippen LogP contribution in [0.25, 0.3) is 0 Å². The van der Waals surface area contributed by atoms with E-state index in [4.69, 9.17) is 27.9 Å². The van der Waals surface area contributed by atoms with Gasteiger partial charge in [-0.2, -0.15) is 10.5 Å². The van der Waals surface area contributed by atoms with Crippen LogP contribution in [-0.2, 0) is 0 Å². The van der Waals surface area contributed by atoms with E-state index in [1.54, 1.807) is 17.0 Å². The van der Waals surface area contributed by atoms with E-state index in [0.29, 0.717) is 11.6 Å². The van der Waals surface area contributed by atoms with Crippen molar-refractivity contribution in [2.24, 2.45) is 5.73 Å². The molecule has 88 valence electrons. The zero-order chi connectivity index (χ0) is 12.7. The lowest BCUT2D eigenvalue weighted by atomic mass is 10.1. The normalized spacial score (nSPS) is 11.8. The van der Waals surface area contributed by atoms with Crippen molar-refractivity contribution < 1.29 is 0 Å². The molecule has 0 radical (unpaired) electrons. The lowest BCUT2D eigenvalue weighted by Gasteiger charge is -2.26. The van der Waals surface area contributed by atoms with E-state index >= 15 is 0 Å². The summed E-state index contributed by atoms with van der Waals surface area (Å²) in [6.07, 6.45) is 0. The van der Waals surface area contributed by atoms with Gasteiger partial charge in [-0.3, -0.25) is 4.90 Å². The molecule has 1 aromatic carbocycles. The summed E-state index contributed by atoms with van der Waals surface area (Å²) >= 11 is 5.92. The lowest BCUT2D eigenvalue weighted by molar-refractivity contribution is 0.254. The minimum Gasteiger partial charge on any atom is -0.329 e. The number of rotatable bonds is 5. The van der Waals surface area contributed by atoms with Crippen LogP contribution >= 0.6 is 11.6 Å².